The zero-order valence-corrected chi connectivity index (χ0v) is 9.27. The lowest BCUT2D eigenvalue weighted by Crippen LogP contribution is -2.24. The molecule has 15 heavy (non-hydrogen) atoms. The molecule has 0 aliphatic rings. The molecule has 0 saturated carbocycles. The van der Waals surface area contributed by atoms with Gasteiger partial charge >= 0.3 is 0 Å². The summed E-state index contributed by atoms with van der Waals surface area (Å²) >= 11 is 0. The van der Waals surface area contributed by atoms with Crippen LogP contribution < -0.4 is 11.1 Å². The first-order chi connectivity index (χ1) is 7.18. The van der Waals surface area contributed by atoms with E-state index in [0.717, 1.165) is 12.2 Å². The average Bonchev–Trinajstić information content (AvgIpc) is 2.18. The smallest absolute Gasteiger partial charge is 0.193 e. The molecule has 0 aliphatic heterocycles. The second-order valence-corrected chi connectivity index (χ2v) is 3.56. The van der Waals surface area contributed by atoms with Crippen molar-refractivity contribution in [2.75, 3.05) is 32.5 Å². The van der Waals surface area contributed by atoms with Crippen LogP contribution in [0.1, 0.15) is 0 Å². The quantitative estimate of drug-likeness (QED) is 0.570. The van der Waals surface area contributed by atoms with Crippen LogP contribution in [0.15, 0.2) is 35.3 Å². The van der Waals surface area contributed by atoms with Crippen molar-refractivity contribution >= 4 is 11.6 Å². The fraction of sp³-hybridized carbons (Fsp3) is 0.364. The zero-order valence-electron chi connectivity index (χ0n) is 9.27. The third-order valence-electron chi connectivity index (χ3n) is 1.88. The Bertz CT molecular complexity index is 306. The number of hydrogen-bond acceptors (Lipinski definition) is 2. The molecule has 4 heteroatoms. The van der Waals surface area contributed by atoms with E-state index in [0.29, 0.717) is 12.5 Å². The summed E-state index contributed by atoms with van der Waals surface area (Å²) in [5.41, 5.74) is 6.67. The summed E-state index contributed by atoms with van der Waals surface area (Å²) in [5.74, 6) is 0.461. The molecule has 1 rings (SSSR count). The van der Waals surface area contributed by atoms with Gasteiger partial charge in [0, 0.05) is 12.2 Å². The molecule has 1 aromatic carbocycles. The highest BCUT2D eigenvalue weighted by Gasteiger charge is 1.93. The fourth-order valence-electron chi connectivity index (χ4n) is 1.08. The summed E-state index contributed by atoms with van der Waals surface area (Å²) in [4.78, 5) is 6.27. The van der Waals surface area contributed by atoms with Gasteiger partial charge in [-0.05, 0) is 26.2 Å². The van der Waals surface area contributed by atoms with Gasteiger partial charge in [-0.1, -0.05) is 18.2 Å². The molecule has 0 saturated heterocycles. The second kappa shape index (κ2) is 6.03. The molecule has 1 aromatic rings. The minimum absolute atomic E-state index is 0.461. The Morgan fingerprint density at radius 2 is 2.00 bits per heavy atom. The molecule has 0 unspecified atom stereocenters. The molecule has 82 valence electrons. The van der Waals surface area contributed by atoms with Gasteiger partial charge < -0.3 is 16.0 Å². The number of nitrogens with two attached hydrogens (primary N) is 1. The minimum atomic E-state index is 0.461. The van der Waals surface area contributed by atoms with Crippen molar-refractivity contribution in [3.8, 4) is 0 Å². The predicted molar refractivity (Wildman–Crippen MR) is 65.1 cm³/mol. The summed E-state index contributed by atoms with van der Waals surface area (Å²) in [5, 5.41) is 3.02. The Morgan fingerprint density at radius 3 is 2.60 bits per heavy atom. The highest BCUT2D eigenvalue weighted by Crippen LogP contribution is 2.03. The topological polar surface area (TPSA) is 53.6 Å². The van der Waals surface area contributed by atoms with Crippen molar-refractivity contribution in [2.24, 2.45) is 10.7 Å². The van der Waals surface area contributed by atoms with E-state index in [4.69, 9.17) is 5.73 Å². The van der Waals surface area contributed by atoms with E-state index in [-0.39, 0.29) is 0 Å². The van der Waals surface area contributed by atoms with Crippen LogP contribution in [0, 0.1) is 0 Å². The van der Waals surface area contributed by atoms with Gasteiger partial charge in [-0.15, -0.1) is 0 Å². The summed E-state index contributed by atoms with van der Waals surface area (Å²) in [6.45, 7) is 1.61. The molecule has 0 aromatic heterocycles. The Morgan fingerprint density at radius 1 is 1.33 bits per heavy atom. The van der Waals surface area contributed by atoms with E-state index < -0.39 is 0 Å². The normalized spacial score (nSPS) is 11.8. The monoisotopic (exact) mass is 206 g/mol. The Kier molecular flexibility index (Phi) is 4.63. The van der Waals surface area contributed by atoms with Crippen LogP contribution in [0.4, 0.5) is 5.69 Å². The van der Waals surface area contributed by atoms with E-state index >= 15 is 0 Å². The minimum Gasteiger partial charge on any atom is -0.370 e. The largest absolute Gasteiger partial charge is 0.370 e. The van der Waals surface area contributed by atoms with Crippen molar-refractivity contribution in [3.05, 3.63) is 30.3 Å². The van der Waals surface area contributed by atoms with Crippen LogP contribution in [0.2, 0.25) is 0 Å². The maximum atomic E-state index is 5.71. The zero-order chi connectivity index (χ0) is 11.1. The summed E-state index contributed by atoms with van der Waals surface area (Å²) in [6, 6.07) is 9.78. The summed E-state index contributed by atoms with van der Waals surface area (Å²) in [7, 11) is 4.02. The second-order valence-electron chi connectivity index (χ2n) is 3.56. The Hall–Kier alpha value is -1.55. The van der Waals surface area contributed by atoms with Gasteiger partial charge in [-0.3, -0.25) is 4.99 Å². The van der Waals surface area contributed by atoms with E-state index in [1.165, 1.54) is 0 Å². The van der Waals surface area contributed by atoms with Crippen molar-refractivity contribution in [1.29, 1.82) is 0 Å². The molecule has 0 radical (unpaired) electrons. The average molecular weight is 206 g/mol. The van der Waals surface area contributed by atoms with Gasteiger partial charge in [0.25, 0.3) is 0 Å². The number of nitrogens with one attached hydrogen (secondary N) is 1. The van der Waals surface area contributed by atoms with Crippen molar-refractivity contribution in [1.82, 2.24) is 4.90 Å². The number of aliphatic imine (C=N–C) groups is 1. The number of para-hydroxylation sites is 1. The van der Waals surface area contributed by atoms with Crippen LogP contribution >= 0.6 is 0 Å². The van der Waals surface area contributed by atoms with Crippen LogP contribution in [0.25, 0.3) is 0 Å². The van der Waals surface area contributed by atoms with Crippen molar-refractivity contribution < 1.29 is 0 Å². The number of nitrogens with zero attached hydrogens (tertiary/aromatic N) is 2. The van der Waals surface area contributed by atoms with Crippen LogP contribution in [0.3, 0.4) is 0 Å². The van der Waals surface area contributed by atoms with E-state index in [2.05, 4.69) is 15.2 Å². The standard InChI is InChI=1S/C11H18N4/c1-15(2)9-8-13-11(12)14-10-6-4-3-5-7-10/h3-7H,8-9H2,1-2H3,(H3,12,13,14). The lowest BCUT2D eigenvalue weighted by molar-refractivity contribution is 0.420. The Labute approximate surface area is 90.8 Å². The van der Waals surface area contributed by atoms with Crippen LogP contribution in [-0.2, 0) is 0 Å². The van der Waals surface area contributed by atoms with E-state index in [9.17, 15) is 0 Å². The van der Waals surface area contributed by atoms with Gasteiger partial charge in [0.2, 0.25) is 0 Å². The van der Waals surface area contributed by atoms with Crippen molar-refractivity contribution in [3.63, 3.8) is 0 Å². The first kappa shape index (κ1) is 11.5. The first-order valence-electron chi connectivity index (χ1n) is 4.95. The van der Waals surface area contributed by atoms with Crippen molar-refractivity contribution in [2.45, 2.75) is 0 Å². The third-order valence-corrected chi connectivity index (χ3v) is 1.88. The van der Waals surface area contributed by atoms with Crippen LogP contribution in [-0.4, -0.2) is 38.0 Å². The number of hydrogen-bond donors (Lipinski definition) is 2. The maximum absolute atomic E-state index is 5.71. The lowest BCUT2D eigenvalue weighted by atomic mass is 10.3. The predicted octanol–water partition coefficient (Wildman–Crippen LogP) is 0.975. The van der Waals surface area contributed by atoms with Gasteiger partial charge in [0.1, 0.15) is 0 Å². The number of rotatable bonds is 4. The lowest BCUT2D eigenvalue weighted by Gasteiger charge is -2.08. The summed E-state index contributed by atoms with van der Waals surface area (Å²) < 4.78 is 0. The van der Waals surface area contributed by atoms with Gasteiger partial charge in [-0.25, -0.2) is 0 Å². The molecule has 0 fully saturated rings. The molecule has 0 aliphatic carbocycles. The number of anilines is 1. The molecule has 4 nitrogen and oxygen atoms in total. The maximum Gasteiger partial charge on any atom is 0.193 e. The number of likely N-dealkylation sites (N-methyl/N-ethyl adjacent to an activating group) is 1. The number of guanidine groups is 1. The fourth-order valence-corrected chi connectivity index (χ4v) is 1.08. The molecular formula is C11H18N4. The highest BCUT2D eigenvalue weighted by atomic mass is 15.1. The van der Waals surface area contributed by atoms with Gasteiger partial charge in [0.05, 0.1) is 6.54 Å². The van der Waals surface area contributed by atoms with E-state index in [1.54, 1.807) is 0 Å². The SMILES string of the molecule is CN(C)CCN=C(N)Nc1ccccc1. The molecule has 0 atom stereocenters. The molecule has 0 bridgehead atoms. The molecule has 0 spiro atoms. The molecular weight excluding hydrogens is 188 g/mol. The van der Waals surface area contributed by atoms with Gasteiger partial charge in [0.15, 0.2) is 5.96 Å². The highest BCUT2D eigenvalue weighted by molar-refractivity contribution is 5.92. The molecule has 3 N–H and O–H groups in total. The first-order valence-corrected chi connectivity index (χ1v) is 4.95. The Balaban J connectivity index is 2.38. The van der Waals surface area contributed by atoms with Gasteiger partial charge in [-0.2, -0.15) is 0 Å². The number of benzene rings is 1. The molecule has 0 heterocycles. The molecule has 0 amide bonds. The summed E-state index contributed by atoms with van der Waals surface area (Å²) in [6.07, 6.45) is 0. The van der Waals surface area contributed by atoms with Crippen LogP contribution in [0.5, 0.6) is 0 Å². The third kappa shape index (κ3) is 5.02. The van der Waals surface area contributed by atoms with E-state index in [1.807, 2.05) is 44.4 Å².